The van der Waals surface area contributed by atoms with Gasteiger partial charge in [-0.2, -0.15) is 13.2 Å². The maximum atomic E-state index is 13.1. The Balaban J connectivity index is 2.70. The second-order valence-electron chi connectivity index (χ2n) is 3.33. The number of alkyl halides is 3. The third-order valence-electron chi connectivity index (χ3n) is 1.93. The van der Waals surface area contributed by atoms with Crippen molar-refractivity contribution in [3.63, 3.8) is 0 Å². The van der Waals surface area contributed by atoms with E-state index in [9.17, 15) is 22.4 Å². The van der Waals surface area contributed by atoms with Crippen LogP contribution in [0, 0.1) is 5.82 Å². The number of benzene rings is 1. The highest BCUT2D eigenvalue weighted by molar-refractivity contribution is 5.87. The molecule has 2 N–H and O–H groups in total. The molecule has 3 nitrogen and oxygen atoms in total. The van der Waals surface area contributed by atoms with Crippen molar-refractivity contribution < 1.29 is 27.5 Å². The van der Waals surface area contributed by atoms with Gasteiger partial charge >= 0.3 is 12.1 Å². The van der Waals surface area contributed by atoms with Crippen LogP contribution in [0.4, 0.5) is 17.6 Å². The van der Waals surface area contributed by atoms with Crippen LogP contribution >= 0.6 is 0 Å². The molecule has 0 saturated carbocycles. The molecule has 0 radical (unpaired) electrons. The molecule has 0 saturated heterocycles. The molecule has 94 valence electrons. The van der Waals surface area contributed by atoms with E-state index in [0.29, 0.717) is 0 Å². The lowest BCUT2D eigenvalue weighted by Crippen LogP contribution is -2.28. The number of carboxylic acid groups (broad SMARTS) is 1. The van der Waals surface area contributed by atoms with Crippen LogP contribution in [0.1, 0.15) is 15.9 Å². The molecule has 0 aliphatic carbocycles. The lowest BCUT2D eigenvalue weighted by atomic mass is 10.1. The zero-order valence-electron chi connectivity index (χ0n) is 8.51. The zero-order valence-corrected chi connectivity index (χ0v) is 8.51. The van der Waals surface area contributed by atoms with Crippen molar-refractivity contribution in [3.8, 4) is 0 Å². The van der Waals surface area contributed by atoms with E-state index in [1.165, 1.54) is 0 Å². The van der Waals surface area contributed by atoms with Gasteiger partial charge in [0.15, 0.2) is 0 Å². The molecule has 1 aromatic rings. The number of carbonyl (C=O) groups is 1. The Morgan fingerprint density at radius 2 is 2.00 bits per heavy atom. The van der Waals surface area contributed by atoms with Crippen LogP contribution in [0.5, 0.6) is 0 Å². The van der Waals surface area contributed by atoms with Crippen molar-refractivity contribution in [1.29, 1.82) is 0 Å². The van der Waals surface area contributed by atoms with Gasteiger partial charge in [0.25, 0.3) is 0 Å². The van der Waals surface area contributed by atoms with Crippen molar-refractivity contribution in [1.82, 2.24) is 5.32 Å². The van der Waals surface area contributed by atoms with Crippen molar-refractivity contribution >= 4 is 5.97 Å². The van der Waals surface area contributed by atoms with E-state index >= 15 is 0 Å². The quantitative estimate of drug-likeness (QED) is 0.806. The number of hydrogen-bond acceptors (Lipinski definition) is 2. The fraction of sp³-hybridized carbons (Fsp3) is 0.300. The normalized spacial score (nSPS) is 11.5. The summed E-state index contributed by atoms with van der Waals surface area (Å²) < 4.78 is 48.6. The van der Waals surface area contributed by atoms with Gasteiger partial charge in [-0.25, -0.2) is 9.18 Å². The Bertz CT molecular complexity index is 417. The van der Waals surface area contributed by atoms with E-state index in [0.717, 1.165) is 18.2 Å². The van der Waals surface area contributed by atoms with Crippen LogP contribution < -0.4 is 5.32 Å². The highest BCUT2D eigenvalue weighted by atomic mass is 19.4. The molecule has 0 amide bonds. The van der Waals surface area contributed by atoms with E-state index in [4.69, 9.17) is 5.11 Å². The maximum absolute atomic E-state index is 13.1. The van der Waals surface area contributed by atoms with E-state index in [1.54, 1.807) is 0 Å². The number of rotatable bonds is 4. The molecule has 0 aromatic heterocycles. The predicted molar refractivity (Wildman–Crippen MR) is 51.1 cm³/mol. The van der Waals surface area contributed by atoms with E-state index in [1.807, 2.05) is 5.32 Å². The van der Waals surface area contributed by atoms with Gasteiger partial charge in [-0.1, -0.05) is 0 Å². The van der Waals surface area contributed by atoms with Crippen molar-refractivity contribution in [2.75, 3.05) is 6.54 Å². The fourth-order valence-corrected chi connectivity index (χ4v) is 1.18. The number of aromatic carboxylic acids is 1. The molecule has 0 aliphatic rings. The standard InChI is InChI=1S/C10H9F4NO2/c11-8-2-1-6(9(16)17)3-7(8)4-15-5-10(12,13)14/h1-3,15H,4-5H2,(H,16,17). The first kappa shape index (κ1) is 13.4. The van der Waals surface area contributed by atoms with Gasteiger partial charge in [0.05, 0.1) is 12.1 Å². The molecular formula is C10H9F4NO2. The molecule has 1 rings (SSSR count). The molecule has 0 fully saturated rings. The average Bonchev–Trinajstić information content (AvgIpc) is 2.18. The number of hydrogen-bond donors (Lipinski definition) is 2. The van der Waals surface area contributed by atoms with Crippen LogP contribution in [-0.2, 0) is 6.54 Å². The molecular weight excluding hydrogens is 242 g/mol. The van der Waals surface area contributed by atoms with Gasteiger partial charge in [-0.15, -0.1) is 0 Å². The molecule has 0 aliphatic heterocycles. The average molecular weight is 251 g/mol. The second kappa shape index (κ2) is 5.13. The van der Waals surface area contributed by atoms with Crippen molar-refractivity contribution in [2.45, 2.75) is 12.7 Å². The Hall–Kier alpha value is -1.63. The smallest absolute Gasteiger partial charge is 0.401 e. The van der Waals surface area contributed by atoms with Gasteiger partial charge in [0.1, 0.15) is 5.82 Å². The van der Waals surface area contributed by atoms with Crippen LogP contribution in [-0.4, -0.2) is 23.8 Å². The lowest BCUT2D eigenvalue weighted by Gasteiger charge is -2.09. The minimum Gasteiger partial charge on any atom is -0.478 e. The molecule has 0 unspecified atom stereocenters. The van der Waals surface area contributed by atoms with Crippen molar-refractivity contribution in [3.05, 3.63) is 35.1 Å². The maximum Gasteiger partial charge on any atom is 0.401 e. The summed E-state index contributed by atoms with van der Waals surface area (Å²) in [4.78, 5) is 10.6. The summed E-state index contributed by atoms with van der Waals surface area (Å²) in [6.45, 7) is -1.64. The first-order valence-electron chi connectivity index (χ1n) is 4.59. The molecule has 0 spiro atoms. The van der Waals surface area contributed by atoms with E-state index < -0.39 is 24.5 Å². The minimum absolute atomic E-state index is 0.117. The van der Waals surface area contributed by atoms with Crippen LogP contribution in [0.2, 0.25) is 0 Å². The molecule has 0 heterocycles. The van der Waals surface area contributed by atoms with Gasteiger partial charge < -0.3 is 10.4 Å². The Morgan fingerprint density at radius 3 is 2.53 bits per heavy atom. The van der Waals surface area contributed by atoms with Crippen LogP contribution in [0.15, 0.2) is 18.2 Å². The highest BCUT2D eigenvalue weighted by Gasteiger charge is 2.26. The van der Waals surface area contributed by atoms with Gasteiger partial charge in [0.2, 0.25) is 0 Å². The van der Waals surface area contributed by atoms with Gasteiger partial charge in [-0.05, 0) is 18.2 Å². The summed E-state index contributed by atoms with van der Waals surface area (Å²) in [6.07, 6.45) is -4.39. The zero-order chi connectivity index (χ0) is 13.1. The third kappa shape index (κ3) is 4.39. The van der Waals surface area contributed by atoms with Crippen LogP contribution in [0.3, 0.4) is 0 Å². The fourth-order valence-electron chi connectivity index (χ4n) is 1.18. The first-order chi connectivity index (χ1) is 7.79. The van der Waals surface area contributed by atoms with E-state index in [-0.39, 0.29) is 17.7 Å². The number of halogens is 4. The Morgan fingerprint density at radius 1 is 1.35 bits per heavy atom. The van der Waals surface area contributed by atoms with Gasteiger partial charge in [-0.3, -0.25) is 0 Å². The van der Waals surface area contributed by atoms with Crippen molar-refractivity contribution in [2.24, 2.45) is 0 Å². The van der Waals surface area contributed by atoms with Crippen LogP contribution in [0.25, 0.3) is 0 Å². The Labute approximate surface area is 94.1 Å². The lowest BCUT2D eigenvalue weighted by molar-refractivity contribution is -0.125. The summed E-state index contributed by atoms with van der Waals surface area (Å²) in [6, 6.07) is 2.96. The third-order valence-corrected chi connectivity index (χ3v) is 1.93. The molecule has 7 heteroatoms. The molecule has 0 atom stereocenters. The topological polar surface area (TPSA) is 49.3 Å². The molecule has 1 aromatic carbocycles. The number of carboxylic acids is 1. The highest BCUT2D eigenvalue weighted by Crippen LogP contribution is 2.14. The monoisotopic (exact) mass is 251 g/mol. The largest absolute Gasteiger partial charge is 0.478 e. The van der Waals surface area contributed by atoms with Gasteiger partial charge in [0, 0.05) is 12.1 Å². The summed E-state index contributed by atoms with van der Waals surface area (Å²) >= 11 is 0. The minimum atomic E-state index is -4.39. The summed E-state index contributed by atoms with van der Waals surface area (Å²) in [5.74, 6) is -2.01. The summed E-state index contributed by atoms with van der Waals surface area (Å²) in [5.41, 5.74) is -0.288. The first-order valence-corrected chi connectivity index (χ1v) is 4.59. The molecule has 0 bridgehead atoms. The SMILES string of the molecule is O=C(O)c1ccc(F)c(CNCC(F)(F)F)c1. The predicted octanol–water partition coefficient (Wildman–Crippen LogP) is 2.18. The summed E-state index contributed by atoms with van der Waals surface area (Å²) in [7, 11) is 0. The summed E-state index contributed by atoms with van der Waals surface area (Å²) in [5, 5.41) is 10.6. The Kier molecular flexibility index (Phi) is 4.06. The van der Waals surface area contributed by atoms with E-state index in [2.05, 4.69) is 0 Å². The number of nitrogens with one attached hydrogen (secondary N) is 1. The molecule has 17 heavy (non-hydrogen) atoms. The second-order valence-corrected chi connectivity index (χ2v) is 3.33.